The Labute approximate surface area is 141 Å². The molecule has 1 aromatic heterocycles. The van der Waals surface area contributed by atoms with Crippen LogP contribution in [0, 0.1) is 10.1 Å². The minimum atomic E-state index is -0.502. The van der Waals surface area contributed by atoms with E-state index in [2.05, 4.69) is 10.6 Å². The van der Waals surface area contributed by atoms with Crippen LogP contribution in [-0.4, -0.2) is 23.1 Å². The number of methoxy groups -OCH3 is 1. The summed E-state index contributed by atoms with van der Waals surface area (Å²) in [5.74, 6) is 0.851. The summed E-state index contributed by atoms with van der Waals surface area (Å²) in [6, 6.07) is 7.58. The van der Waals surface area contributed by atoms with Crippen molar-refractivity contribution in [2.45, 2.75) is 0 Å². The molecule has 0 saturated carbocycles. The van der Waals surface area contributed by atoms with Crippen molar-refractivity contribution in [3.8, 4) is 17.1 Å². The van der Waals surface area contributed by atoms with Crippen LogP contribution >= 0.6 is 12.2 Å². The number of nitro benzene ring substituents is 1. The normalized spacial score (nSPS) is 15.3. The molecule has 1 aromatic carbocycles. The van der Waals surface area contributed by atoms with E-state index in [0.717, 1.165) is 0 Å². The molecule has 0 aliphatic carbocycles. The lowest BCUT2D eigenvalue weighted by Gasteiger charge is -2.05. The number of carbonyl (C=O) groups excluding carboxylic acids is 1. The van der Waals surface area contributed by atoms with E-state index in [1.807, 2.05) is 0 Å². The highest BCUT2D eigenvalue weighted by Crippen LogP contribution is 2.34. The lowest BCUT2D eigenvalue weighted by molar-refractivity contribution is -0.384. The van der Waals surface area contributed by atoms with Crippen molar-refractivity contribution in [1.82, 2.24) is 10.6 Å². The first-order valence-electron chi connectivity index (χ1n) is 6.74. The Kier molecular flexibility index (Phi) is 4.00. The number of nitro groups is 1. The Balaban J connectivity index is 1.94. The number of ether oxygens (including phenoxy) is 1. The maximum absolute atomic E-state index is 11.6. The molecule has 2 heterocycles. The lowest BCUT2D eigenvalue weighted by atomic mass is 10.1. The summed E-state index contributed by atoms with van der Waals surface area (Å²) < 4.78 is 10.9. The predicted molar refractivity (Wildman–Crippen MR) is 89.2 cm³/mol. The number of nitrogens with one attached hydrogen (secondary N) is 2. The predicted octanol–water partition coefficient (Wildman–Crippen LogP) is 2.21. The average Bonchev–Trinajstić information content (AvgIpc) is 3.13. The Morgan fingerprint density at radius 3 is 2.71 bits per heavy atom. The van der Waals surface area contributed by atoms with Crippen LogP contribution in [0.1, 0.15) is 5.76 Å². The highest BCUT2D eigenvalue weighted by atomic mass is 32.1. The van der Waals surface area contributed by atoms with E-state index in [9.17, 15) is 14.9 Å². The van der Waals surface area contributed by atoms with Gasteiger partial charge in [-0.05, 0) is 30.4 Å². The van der Waals surface area contributed by atoms with Gasteiger partial charge in [-0.25, -0.2) is 0 Å². The molecule has 2 aromatic rings. The van der Waals surface area contributed by atoms with Crippen LogP contribution in [0.25, 0.3) is 17.4 Å². The minimum Gasteiger partial charge on any atom is -0.496 e. The first-order chi connectivity index (χ1) is 11.5. The molecule has 0 unspecified atom stereocenters. The number of hydrogen-bond donors (Lipinski definition) is 2. The molecule has 122 valence electrons. The highest BCUT2D eigenvalue weighted by Gasteiger charge is 2.21. The van der Waals surface area contributed by atoms with Gasteiger partial charge in [0.15, 0.2) is 5.11 Å². The Hall–Kier alpha value is -3.20. The number of carbonyl (C=O) groups is 1. The zero-order valence-corrected chi connectivity index (χ0v) is 13.2. The van der Waals surface area contributed by atoms with Gasteiger partial charge in [-0.3, -0.25) is 20.2 Å². The smallest absolute Gasteiger partial charge is 0.274 e. The van der Waals surface area contributed by atoms with E-state index < -0.39 is 4.92 Å². The van der Waals surface area contributed by atoms with Crippen LogP contribution in [0.15, 0.2) is 40.4 Å². The first-order valence-corrected chi connectivity index (χ1v) is 7.15. The Bertz CT molecular complexity index is 887. The standard InChI is InChI=1S/C15H11N3O5S/c1-22-13-6-8(18(20)21)2-4-10(13)12-5-3-9(23-12)7-11-14(19)17-15(24)16-11/h2-7H,1H3,(H2,16,17,19,24)/b11-7-. The Morgan fingerprint density at radius 2 is 2.08 bits per heavy atom. The number of rotatable bonds is 4. The molecule has 0 radical (unpaired) electrons. The maximum atomic E-state index is 11.6. The summed E-state index contributed by atoms with van der Waals surface area (Å²) in [4.78, 5) is 21.9. The molecule has 0 atom stereocenters. The first kappa shape index (κ1) is 15.7. The third-order valence-corrected chi connectivity index (χ3v) is 3.50. The monoisotopic (exact) mass is 345 g/mol. The quantitative estimate of drug-likeness (QED) is 0.379. The van der Waals surface area contributed by atoms with E-state index in [4.69, 9.17) is 21.4 Å². The fourth-order valence-electron chi connectivity index (χ4n) is 2.20. The summed E-state index contributed by atoms with van der Waals surface area (Å²) in [7, 11) is 1.42. The molecule has 3 rings (SSSR count). The summed E-state index contributed by atoms with van der Waals surface area (Å²) in [6.45, 7) is 0. The van der Waals surface area contributed by atoms with Gasteiger partial charge >= 0.3 is 0 Å². The fraction of sp³-hybridized carbons (Fsp3) is 0.0667. The van der Waals surface area contributed by atoms with Gasteiger partial charge in [0.05, 0.1) is 23.7 Å². The molecule has 1 amide bonds. The third kappa shape index (κ3) is 2.97. The van der Waals surface area contributed by atoms with Gasteiger partial charge in [-0.2, -0.15) is 0 Å². The summed E-state index contributed by atoms with van der Waals surface area (Å²) in [6.07, 6.45) is 1.51. The second kappa shape index (κ2) is 6.13. The van der Waals surface area contributed by atoms with E-state index in [1.165, 1.54) is 25.3 Å². The van der Waals surface area contributed by atoms with Crippen LogP contribution in [0.4, 0.5) is 5.69 Å². The third-order valence-electron chi connectivity index (χ3n) is 3.29. The maximum Gasteiger partial charge on any atom is 0.274 e. The van der Waals surface area contributed by atoms with Crippen molar-refractivity contribution in [3.63, 3.8) is 0 Å². The van der Waals surface area contributed by atoms with Gasteiger partial charge < -0.3 is 14.5 Å². The SMILES string of the molecule is COc1cc([N+](=O)[O-])ccc1-c1ccc(/C=C2\NC(=S)NC2=O)o1. The van der Waals surface area contributed by atoms with Crippen LogP contribution in [-0.2, 0) is 4.79 Å². The molecule has 0 spiro atoms. The van der Waals surface area contributed by atoms with Crippen molar-refractivity contribution in [3.05, 3.63) is 51.9 Å². The van der Waals surface area contributed by atoms with Crippen LogP contribution in [0.5, 0.6) is 5.75 Å². The van der Waals surface area contributed by atoms with Crippen LogP contribution in [0.2, 0.25) is 0 Å². The molecule has 0 bridgehead atoms. The minimum absolute atomic E-state index is 0.0789. The van der Waals surface area contributed by atoms with E-state index >= 15 is 0 Å². The van der Waals surface area contributed by atoms with Crippen molar-refractivity contribution in [2.24, 2.45) is 0 Å². The zero-order chi connectivity index (χ0) is 17.3. The van der Waals surface area contributed by atoms with E-state index in [0.29, 0.717) is 22.8 Å². The molecule has 9 heteroatoms. The van der Waals surface area contributed by atoms with Gasteiger partial charge in [0.25, 0.3) is 11.6 Å². The van der Waals surface area contributed by atoms with Crippen molar-refractivity contribution < 1.29 is 18.9 Å². The number of amides is 1. The number of non-ortho nitro benzene ring substituents is 1. The molecule has 24 heavy (non-hydrogen) atoms. The van der Waals surface area contributed by atoms with Crippen molar-refractivity contribution in [2.75, 3.05) is 7.11 Å². The van der Waals surface area contributed by atoms with E-state index in [1.54, 1.807) is 18.2 Å². The number of benzene rings is 1. The average molecular weight is 345 g/mol. The van der Waals surface area contributed by atoms with E-state index in [-0.39, 0.29) is 22.4 Å². The van der Waals surface area contributed by atoms with Crippen LogP contribution < -0.4 is 15.4 Å². The van der Waals surface area contributed by atoms with Gasteiger partial charge in [-0.1, -0.05) is 0 Å². The number of hydrogen-bond acceptors (Lipinski definition) is 6. The molecule has 1 saturated heterocycles. The number of thiocarbonyl (C=S) groups is 1. The number of furan rings is 1. The van der Waals surface area contributed by atoms with Gasteiger partial charge in [0.1, 0.15) is 23.0 Å². The largest absolute Gasteiger partial charge is 0.496 e. The molecule has 8 nitrogen and oxygen atoms in total. The fourth-order valence-corrected chi connectivity index (χ4v) is 2.40. The van der Waals surface area contributed by atoms with Gasteiger partial charge in [0.2, 0.25) is 0 Å². The molecule has 1 fully saturated rings. The highest BCUT2D eigenvalue weighted by molar-refractivity contribution is 7.80. The van der Waals surface area contributed by atoms with Gasteiger partial charge in [-0.15, -0.1) is 0 Å². The summed E-state index contributed by atoms with van der Waals surface area (Å²) in [5, 5.41) is 16.2. The number of nitrogens with zero attached hydrogens (tertiary/aromatic N) is 1. The topological polar surface area (TPSA) is 107 Å². The van der Waals surface area contributed by atoms with Crippen molar-refractivity contribution in [1.29, 1.82) is 0 Å². The summed E-state index contributed by atoms with van der Waals surface area (Å²) in [5.41, 5.74) is 0.758. The lowest BCUT2D eigenvalue weighted by Crippen LogP contribution is -2.21. The van der Waals surface area contributed by atoms with Crippen LogP contribution in [0.3, 0.4) is 0 Å². The summed E-state index contributed by atoms with van der Waals surface area (Å²) >= 11 is 4.85. The molecule has 1 aliphatic heterocycles. The van der Waals surface area contributed by atoms with Gasteiger partial charge in [0, 0.05) is 12.1 Å². The Morgan fingerprint density at radius 1 is 1.29 bits per heavy atom. The molecule has 1 aliphatic rings. The zero-order valence-electron chi connectivity index (χ0n) is 12.4. The molecule has 2 N–H and O–H groups in total. The molecular formula is C15H11N3O5S. The second-order valence-corrected chi connectivity index (χ2v) is 5.22. The van der Waals surface area contributed by atoms with Crippen molar-refractivity contribution >= 4 is 35.0 Å². The second-order valence-electron chi connectivity index (χ2n) is 4.81. The molecular weight excluding hydrogens is 334 g/mol.